The maximum atomic E-state index is 13.3. The van der Waals surface area contributed by atoms with E-state index in [2.05, 4.69) is 4.99 Å². The molecule has 0 aliphatic heterocycles. The smallest absolute Gasteiger partial charge is 0.279 e. The van der Waals surface area contributed by atoms with Crippen molar-refractivity contribution in [2.45, 2.75) is 34.2 Å². The van der Waals surface area contributed by atoms with E-state index in [1.165, 1.54) is 11.3 Å². The van der Waals surface area contributed by atoms with Gasteiger partial charge in [-0.3, -0.25) is 4.79 Å². The van der Waals surface area contributed by atoms with Gasteiger partial charge >= 0.3 is 0 Å². The van der Waals surface area contributed by atoms with Gasteiger partial charge in [0, 0.05) is 24.2 Å². The van der Waals surface area contributed by atoms with Gasteiger partial charge < -0.3 is 23.5 Å². The molecule has 7 nitrogen and oxygen atoms in total. The molecule has 0 spiro atoms. The van der Waals surface area contributed by atoms with Crippen LogP contribution in [0.4, 0.5) is 0 Å². The minimum Gasteiger partial charge on any atom is -0.490 e. The Morgan fingerprint density at radius 1 is 1.06 bits per heavy atom. The molecule has 0 radical (unpaired) electrons. The van der Waals surface area contributed by atoms with Crippen LogP contribution < -0.4 is 19.0 Å². The highest BCUT2D eigenvalue weighted by Gasteiger charge is 2.19. The third-order valence-electron chi connectivity index (χ3n) is 4.90. The van der Waals surface area contributed by atoms with Crippen molar-refractivity contribution < 1.29 is 23.7 Å². The summed E-state index contributed by atoms with van der Waals surface area (Å²) in [5.41, 5.74) is 2.25. The fourth-order valence-corrected chi connectivity index (χ4v) is 4.72. The number of halogens is 1. The van der Waals surface area contributed by atoms with Crippen LogP contribution in [0.3, 0.4) is 0 Å². The zero-order valence-corrected chi connectivity index (χ0v) is 21.1. The number of hydrogen-bond donors (Lipinski definition) is 0. The molecule has 178 valence electrons. The number of hydrogen-bond acceptors (Lipinski definition) is 6. The van der Waals surface area contributed by atoms with Crippen LogP contribution in [0.1, 0.15) is 36.7 Å². The van der Waals surface area contributed by atoms with E-state index in [0.29, 0.717) is 65.6 Å². The van der Waals surface area contributed by atoms with Crippen molar-refractivity contribution in [3.05, 3.63) is 45.2 Å². The van der Waals surface area contributed by atoms with E-state index in [-0.39, 0.29) is 0 Å². The lowest BCUT2D eigenvalue weighted by molar-refractivity contribution is 0.0996. The zero-order chi connectivity index (χ0) is 24.0. The molecule has 1 amide bonds. The highest BCUT2D eigenvalue weighted by atomic mass is 35.5. The lowest BCUT2D eigenvalue weighted by Crippen LogP contribution is -2.20. The molecular formula is C24H29ClN2O5S. The standard InChI is InChI=1S/C24H29ClN2O5S/c1-6-30-18-13-16(14-19(31-7-2)22(18)32-8-3)23(28)26-24-27(11-12-29-5)21-15(4)17(25)9-10-20(21)33-24/h9-10,13-14H,6-8,11-12H2,1-5H3. The first kappa shape index (κ1) is 25.1. The van der Waals surface area contributed by atoms with Gasteiger partial charge in [-0.1, -0.05) is 22.9 Å². The van der Waals surface area contributed by atoms with Crippen LogP contribution in [0, 0.1) is 6.92 Å². The largest absolute Gasteiger partial charge is 0.490 e. The third-order valence-corrected chi connectivity index (χ3v) is 6.36. The van der Waals surface area contributed by atoms with Gasteiger partial charge in [-0.2, -0.15) is 4.99 Å². The van der Waals surface area contributed by atoms with Crippen LogP contribution in [-0.4, -0.2) is 44.0 Å². The monoisotopic (exact) mass is 492 g/mol. The van der Waals surface area contributed by atoms with Crippen LogP contribution in [0.25, 0.3) is 10.2 Å². The number of aromatic nitrogens is 1. The van der Waals surface area contributed by atoms with Crippen LogP contribution in [-0.2, 0) is 11.3 Å². The molecule has 0 fully saturated rings. The fraction of sp³-hybridized carbons (Fsp3) is 0.417. The van der Waals surface area contributed by atoms with Crippen LogP contribution >= 0.6 is 22.9 Å². The maximum absolute atomic E-state index is 13.3. The molecule has 0 aliphatic carbocycles. The molecule has 3 rings (SSSR count). The number of methoxy groups -OCH3 is 1. The van der Waals surface area contributed by atoms with Crippen molar-refractivity contribution >= 4 is 39.1 Å². The second-order valence-electron chi connectivity index (χ2n) is 7.07. The number of carbonyl (C=O) groups is 1. The van der Waals surface area contributed by atoms with Crippen LogP contribution in [0.5, 0.6) is 17.2 Å². The summed E-state index contributed by atoms with van der Waals surface area (Å²) in [7, 11) is 1.64. The maximum Gasteiger partial charge on any atom is 0.279 e. The van der Waals surface area contributed by atoms with Gasteiger partial charge in [0.1, 0.15) is 0 Å². The minimum atomic E-state index is -0.401. The number of nitrogens with zero attached hydrogens (tertiary/aromatic N) is 2. The molecule has 1 aromatic heterocycles. The lowest BCUT2D eigenvalue weighted by Gasteiger charge is -2.16. The van der Waals surface area contributed by atoms with Gasteiger partial charge in [-0.15, -0.1) is 0 Å². The summed E-state index contributed by atoms with van der Waals surface area (Å²) in [5.74, 6) is 0.992. The number of amides is 1. The molecule has 9 heteroatoms. The molecule has 2 aromatic carbocycles. The average Bonchev–Trinajstić information content (AvgIpc) is 3.14. The van der Waals surface area contributed by atoms with Crippen molar-refractivity contribution in [3.8, 4) is 17.2 Å². The predicted molar refractivity (Wildman–Crippen MR) is 131 cm³/mol. The Morgan fingerprint density at radius 3 is 2.27 bits per heavy atom. The molecule has 0 N–H and O–H groups in total. The van der Waals surface area contributed by atoms with Gasteiger partial charge in [0.25, 0.3) is 5.91 Å². The van der Waals surface area contributed by atoms with E-state index < -0.39 is 5.91 Å². The second-order valence-corrected chi connectivity index (χ2v) is 8.48. The molecule has 0 bridgehead atoms. The summed E-state index contributed by atoms with van der Waals surface area (Å²) in [6.07, 6.45) is 0. The van der Waals surface area contributed by atoms with Crippen molar-refractivity contribution in [1.82, 2.24) is 4.57 Å². The van der Waals surface area contributed by atoms with Gasteiger partial charge in [-0.25, -0.2) is 0 Å². The van der Waals surface area contributed by atoms with E-state index >= 15 is 0 Å². The van der Waals surface area contributed by atoms with Crippen molar-refractivity contribution in [2.75, 3.05) is 33.5 Å². The molecular weight excluding hydrogens is 464 g/mol. The minimum absolute atomic E-state index is 0.357. The topological polar surface area (TPSA) is 71.3 Å². The Balaban J connectivity index is 2.15. The van der Waals surface area contributed by atoms with E-state index in [9.17, 15) is 4.79 Å². The number of carbonyl (C=O) groups excluding carboxylic acids is 1. The second kappa shape index (κ2) is 11.5. The quantitative estimate of drug-likeness (QED) is 0.386. The molecule has 0 atom stereocenters. The molecule has 0 aliphatic rings. The Kier molecular flexibility index (Phi) is 8.77. The Labute approximate surface area is 202 Å². The molecule has 3 aromatic rings. The van der Waals surface area contributed by atoms with Gasteiger partial charge in [0.2, 0.25) is 5.75 Å². The summed E-state index contributed by atoms with van der Waals surface area (Å²) in [4.78, 5) is 18.3. The highest BCUT2D eigenvalue weighted by molar-refractivity contribution is 7.16. The molecule has 0 unspecified atom stereocenters. The van der Waals surface area contributed by atoms with E-state index in [0.717, 1.165) is 15.8 Å². The SMILES string of the molecule is CCOc1cc(C(=O)N=c2sc3ccc(Cl)c(C)c3n2CCOC)cc(OCC)c1OCC. The first-order chi connectivity index (χ1) is 15.9. The van der Waals surface area contributed by atoms with E-state index in [4.69, 9.17) is 30.5 Å². The first-order valence-corrected chi connectivity index (χ1v) is 12.1. The Hall–Kier alpha value is -2.55. The van der Waals surface area contributed by atoms with E-state index in [1.807, 2.05) is 44.4 Å². The Bertz CT molecular complexity index is 1170. The number of ether oxygens (including phenoxy) is 4. The number of fused-ring (bicyclic) bond motifs is 1. The molecule has 33 heavy (non-hydrogen) atoms. The molecule has 0 saturated carbocycles. The number of rotatable bonds is 10. The fourth-order valence-electron chi connectivity index (χ4n) is 3.45. The summed E-state index contributed by atoms with van der Waals surface area (Å²) >= 11 is 7.80. The normalized spacial score (nSPS) is 11.8. The van der Waals surface area contributed by atoms with Gasteiger partial charge in [-0.05, 0) is 57.5 Å². The summed E-state index contributed by atoms with van der Waals surface area (Å²) in [5, 5.41) is 0.665. The molecule has 0 saturated heterocycles. The van der Waals surface area contributed by atoms with Crippen molar-refractivity contribution in [2.24, 2.45) is 4.99 Å². The average molecular weight is 493 g/mol. The zero-order valence-electron chi connectivity index (χ0n) is 19.6. The van der Waals surface area contributed by atoms with Crippen molar-refractivity contribution in [3.63, 3.8) is 0 Å². The lowest BCUT2D eigenvalue weighted by atomic mass is 10.1. The van der Waals surface area contributed by atoms with Gasteiger partial charge in [0.05, 0.1) is 36.6 Å². The highest BCUT2D eigenvalue weighted by Crippen LogP contribution is 2.39. The third kappa shape index (κ3) is 5.51. The van der Waals surface area contributed by atoms with E-state index in [1.54, 1.807) is 19.2 Å². The summed E-state index contributed by atoms with van der Waals surface area (Å²) < 4.78 is 25.5. The first-order valence-electron chi connectivity index (χ1n) is 10.9. The number of aryl methyl sites for hydroxylation is 1. The Morgan fingerprint density at radius 2 is 1.70 bits per heavy atom. The number of benzene rings is 2. The predicted octanol–water partition coefficient (Wildman–Crippen LogP) is 5.25. The van der Waals surface area contributed by atoms with Crippen LogP contribution in [0.2, 0.25) is 5.02 Å². The number of thiazole rings is 1. The molecule has 1 heterocycles. The summed E-state index contributed by atoms with van der Waals surface area (Å²) in [6.45, 7) is 9.90. The van der Waals surface area contributed by atoms with Crippen molar-refractivity contribution in [1.29, 1.82) is 0 Å². The van der Waals surface area contributed by atoms with Crippen LogP contribution in [0.15, 0.2) is 29.3 Å². The van der Waals surface area contributed by atoms with Gasteiger partial charge in [0.15, 0.2) is 16.3 Å². The summed E-state index contributed by atoms with van der Waals surface area (Å²) in [6, 6.07) is 7.10.